The Labute approximate surface area is 301 Å². The number of benzene rings is 8. The van der Waals surface area contributed by atoms with Gasteiger partial charge in [0, 0.05) is 31.3 Å². The number of thiophene rings is 1. The maximum absolute atomic E-state index is 6.72. The van der Waals surface area contributed by atoms with Gasteiger partial charge in [0.05, 0.1) is 5.41 Å². The molecule has 240 valence electrons. The maximum Gasteiger partial charge on any atom is 0.132 e. The van der Waals surface area contributed by atoms with E-state index in [2.05, 4.69) is 194 Å². The van der Waals surface area contributed by atoms with Crippen LogP contribution in [-0.2, 0) is 5.41 Å². The van der Waals surface area contributed by atoms with Crippen LogP contribution in [0.2, 0.25) is 0 Å². The summed E-state index contributed by atoms with van der Waals surface area (Å²) >= 11 is 1.88. The van der Waals surface area contributed by atoms with Gasteiger partial charge in [-0.3, -0.25) is 0 Å². The van der Waals surface area contributed by atoms with Crippen molar-refractivity contribution in [1.82, 2.24) is 0 Å². The van der Waals surface area contributed by atoms with E-state index in [1.165, 1.54) is 53.6 Å². The number of para-hydroxylation sites is 1. The molecule has 10 rings (SSSR count). The number of fused-ring (bicyclic) bond motifs is 5. The van der Waals surface area contributed by atoms with Crippen molar-refractivity contribution in [2.75, 3.05) is 0 Å². The third-order valence-corrected chi connectivity index (χ3v) is 11.7. The zero-order valence-corrected chi connectivity index (χ0v) is 28.6. The van der Waals surface area contributed by atoms with E-state index in [-0.39, 0.29) is 0 Å². The Morgan fingerprint density at radius 1 is 0.373 bits per heavy atom. The molecular weight excluding hydrogens is 637 g/mol. The minimum absolute atomic E-state index is 0.510. The smallest absolute Gasteiger partial charge is 0.132 e. The monoisotopic (exact) mass is 668 g/mol. The van der Waals surface area contributed by atoms with Crippen molar-refractivity contribution in [3.8, 4) is 44.9 Å². The van der Waals surface area contributed by atoms with Crippen LogP contribution in [0.15, 0.2) is 194 Å². The first-order chi connectivity index (χ1) is 25.3. The first-order valence-electron chi connectivity index (χ1n) is 17.4. The highest BCUT2D eigenvalue weighted by atomic mass is 32.1. The molecule has 9 aromatic rings. The molecule has 1 nitrogen and oxygen atoms in total. The van der Waals surface area contributed by atoms with Gasteiger partial charge in [0.15, 0.2) is 0 Å². The van der Waals surface area contributed by atoms with Crippen LogP contribution in [-0.4, -0.2) is 0 Å². The summed E-state index contributed by atoms with van der Waals surface area (Å²) in [6.07, 6.45) is 0. The summed E-state index contributed by atoms with van der Waals surface area (Å²) in [5.41, 5.74) is 11.4. The molecule has 0 bridgehead atoms. The van der Waals surface area contributed by atoms with Gasteiger partial charge in [-0.25, -0.2) is 0 Å². The lowest BCUT2D eigenvalue weighted by Crippen LogP contribution is -2.34. The normalized spacial score (nSPS) is 13.0. The van der Waals surface area contributed by atoms with E-state index in [9.17, 15) is 0 Å². The van der Waals surface area contributed by atoms with E-state index in [4.69, 9.17) is 4.74 Å². The van der Waals surface area contributed by atoms with Crippen LogP contribution < -0.4 is 4.74 Å². The van der Waals surface area contributed by atoms with Crippen LogP contribution in [0.1, 0.15) is 22.3 Å². The molecule has 0 unspecified atom stereocenters. The summed E-state index contributed by atoms with van der Waals surface area (Å²) in [5.74, 6) is 1.77. The number of hydrogen-bond acceptors (Lipinski definition) is 2. The van der Waals surface area contributed by atoms with Crippen molar-refractivity contribution in [2.24, 2.45) is 0 Å². The summed E-state index contributed by atoms with van der Waals surface area (Å²) in [6, 6.07) is 70.1. The molecular formula is C49H32OS. The van der Waals surface area contributed by atoms with Gasteiger partial charge in [0.2, 0.25) is 0 Å². The fraction of sp³-hybridized carbons (Fsp3) is 0.0204. The first-order valence-corrected chi connectivity index (χ1v) is 18.2. The van der Waals surface area contributed by atoms with Gasteiger partial charge in [-0.2, -0.15) is 0 Å². The number of ether oxygens (including phenoxy) is 1. The standard InChI is InChI=1S/C49H32OS/c1-3-12-38(13-4-1)49(39-14-5-2-6-15-39)43-19-8-9-20-45(43)50-46-32-37(30-31-44(46)49)35-24-22-33(23-25-35)34-26-28-36(29-27-34)40-17-11-18-42-41-16-7-10-21-47(41)51-48(40)42/h1-32H. The molecule has 0 atom stereocenters. The molecule has 0 fully saturated rings. The van der Waals surface area contributed by atoms with Crippen LogP contribution in [0.3, 0.4) is 0 Å². The number of rotatable bonds is 5. The molecule has 0 amide bonds. The van der Waals surface area contributed by atoms with Gasteiger partial charge < -0.3 is 4.74 Å². The predicted octanol–water partition coefficient (Wildman–Crippen LogP) is 13.5. The highest BCUT2D eigenvalue weighted by molar-refractivity contribution is 7.26. The molecule has 0 aliphatic carbocycles. The van der Waals surface area contributed by atoms with Gasteiger partial charge in [-0.05, 0) is 62.7 Å². The molecule has 2 heterocycles. The Morgan fingerprint density at radius 2 is 0.902 bits per heavy atom. The summed E-state index contributed by atoms with van der Waals surface area (Å²) < 4.78 is 9.40. The Hall–Kier alpha value is -6.22. The molecule has 1 aromatic heterocycles. The second-order valence-electron chi connectivity index (χ2n) is 13.2. The zero-order valence-electron chi connectivity index (χ0n) is 27.8. The van der Waals surface area contributed by atoms with Crippen molar-refractivity contribution < 1.29 is 4.74 Å². The molecule has 1 aliphatic heterocycles. The minimum Gasteiger partial charge on any atom is -0.457 e. The second-order valence-corrected chi connectivity index (χ2v) is 14.3. The third-order valence-electron chi connectivity index (χ3n) is 10.5. The lowest BCUT2D eigenvalue weighted by atomic mass is 9.63. The Morgan fingerprint density at radius 3 is 1.61 bits per heavy atom. The van der Waals surface area contributed by atoms with Crippen LogP contribution in [0, 0.1) is 0 Å². The second kappa shape index (κ2) is 12.0. The van der Waals surface area contributed by atoms with E-state index in [1.54, 1.807) is 0 Å². The van der Waals surface area contributed by atoms with Crippen molar-refractivity contribution in [3.05, 3.63) is 216 Å². The molecule has 8 aromatic carbocycles. The van der Waals surface area contributed by atoms with E-state index < -0.39 is 5.41 Å². The largest absolute Gasteiger partial charge is 0.457 e. The van der Waals surface area contributed by atoms with Gasteiger partial charge >= 0.3 is 0 Å². The average molecular weight is 669 g/mol. The van der Waals surface area contributed by atoms with Crippen molar-refractivity contribution >= 4 is 31.5 Å². The Bertz CT molecular complexity index is 2650. The summed E-state index contributed by atoms with van der Waals surface area (Å²) in [5, 5.41) is 2.66. The van der Waals surface area contributed by atoms with Crippen LogP contribution in [0.5, 0.6) is 11.5 Å². The summed E-state index contributed by atoms with van der Waals surface area (Å²) in [7, 11) is 0. The summed E-state index contributed by atoms with van der Waals surface area (Å²) in [6.45, 7) is 0. The highest BCUT2D eigenvalue weighted by Gasteiger charge is 2.45. The van der Waals surface area contributed by atoms with Gasteiger partial charge in [0.25, 0.3) is 0 Å². The lowest BCUT2D eigenvalue weighted by Gasteiger charge is -2.41. The quantitative estimate of drug-likeness (QED) is 0.177. The minimum atomic E-state index is -0.510. The fourth-order valence-electron chi connectivity index (χ4n) is 8.06. The number of hydrogen-bond donors (Lipinski definition) is 0. The van der Waals surface area contributed by atoms with Gasteiger partial charge in [0.1, 0.15) is 11.5 Å². The fourth-order valence-corrected chi connectivity index (χ4v) is 9.30. The molecule has 51 heavy (non-hydrogen) atoms. The van der Waals surface area contributed by atoms with E-state index in [0.29, 0.717) is 0 Å². The molecule has 2 heteroatoms. The first kappa shape index (κ1) is 29.7. The van der Waals surface area contributed by atoms with E-state index in [1.807, 2.05) is 11.3 Å². The SMILES string of the molecule is c1ccc(C2(c3ccccc3)c3ccccc3Oc3cc(-c4ccc(-c5ccc(-c6cccc7c6sc6ccccc67)cc5)cc4)ccc32)cc1. The van der Waals surface area contributed by atoms with Crippen molar-refractivity contribution in [3.63, 3.8) is 0 Å². The van der Waals surface area contributed by atoms with E-state index >= 15 is 0 Å². The molecule has 0 saturated heterocycles. The van der Waals surface area contributed by atoms with Crippen LogP contribution in [0.25, 0.3) is 53.6 Å². The topological polar surface area (TPSA) is 9.23 Å². The summed E-state index contributed by atoms with van der Waals surface area (Å²) in [4.78, 5) is 0. The molecule has 1 aliphatic rings. The lowest BCUT2D eigenvalue weighted by molar-refractivity contribution is 0.435. The Balaban J connectivity index is 1.01. The predicted molar refractivity (Wildman–Crippen MR) is 214 cm³/mol. The molecule has 0 saturated carbocycles. The van der Waals surface area contributed by atoms with E-state index in [0.717, 1.165) is 33.8 Å². The zero-order chi connectivity index (χ0) is 33.8. The van der Waals surface area contributed by atoms with Crippen molar-refractivity contribution in [2.45, 2.75) is 5.41 Å². The molecule has 0 N–H and O–H groups in total. The van der Waals surface area contributed by atoms with Gasteiger partial charge in [-0.15, -0.1) is 11.3 Å². The van der Waals surface area contributed by atoms with Crippen molar-refractivity contribution in [1.29, 1.82) is 0 Å². The third kappa shape index (κ3) is 4.75. The highest BCUT2D eigenvalue weighted by Crippen LogP contribution is 2.55. The average Bonchev–Trinajstić information content (AvgIpc) is 3.60. The Kier molecular flexibility index (Phi) is 6.97. The van der Waals surface area contributed by atoms with Crippen LogP contribution >= 0.6 is 11.3 Å². The molecule has 0 radical (unpaired) electrons. The van der Waals surface area contributed by atoms with Gasteiger partial charge in [-0.1, -0.05) is 176 Å². The maximum atomic E-state index is 6.72. The molecule has 0 spiro atoms. The van der Waals surface area contributed by atoms with Crippen LogP contribution in [0.4, 0.5) is 0 Å².